The fraction of sp³-hybridized carbons (Fsp3) is 0.357. The molecule has 0 aromatic heterocycles. The summed E-state index contributed by atoms with van der Waals surface area (Å²) in [5.74, 6) is -1.22. The van der Waals surface area contributed by atoms with Crippen LogP contribution in [0.4, 0.5) is 0 Å². The van der Waals surface area contributed by atoms with Crippen molar-refractivity contribution < 1.29 is 19.1 Å². The van der Waals surface area contributed by atoms with Crippen molar-refractivity contribution in [3.63, 3.8) is 0 Å². The van der Waals surface area contributed by atoms with Gasteiger partial charge in [-0.25, -0.2) is 14.6 Å². The average molecular weight is 261 g/mol. The van der Waals surface area contributed by atoms with E-state index in [2.05, 4.69) is 4.99 Å². The number of hydrogen-bond acceptors (Lipinski definition) is 5. The predicted molar refractivity (Wildman–Crippen MR) is 68.7 cm³/mol. The molecule has 0 unspecified atom stereocenters. The summed E-state index contributed by atoms with van der Waals surface area (Å²) in [6.45, 7) is 3.54. The van der Waals surface area contributed by atoms with E-state index in [0.29, 0.717) is 12.0 Å². The molecule has 1 aromatic rings. The van der Waals surface area contributed by atoms with Gasteiger partial charge in [0.15, 0.2) is 0 Å². The van der Waals surface area contributed by atoms with Gasteiger partial charge in [0.25, 0.3) is 5.54 Å². The lowest BCUT2D eigenvalue weighted by Crippen LogP contribution is -2.41. The molecule has 0 amide bonds. The number of hydrogen-bond donors (Lipinski definition) is 0. The van der Waals surface area contributed by atoms with Crippen molar-refractivity contribution in [2.24, 2.45) is 4.99 Å². The van der Waals surface area contributed by atoms with Crippen LogP contribution in [0.1, 0.15) is 25.8 Å². The normalized spacial score (nSPS) is 21.8. The van der Waals surface area contributed by atoms with Gasteiger partial charge in [-0.05, 0) is 25.5 Å². The maximum atomic E-state index is 11.9. The molecule has 2 rings (SSSR count). The zero-order valence-corrected chi connectivity index (χ0v) is 10.9. The van der Waals surface area contributed by atoms with Gasteiger partial charge in [0.05, 0.1) is 6.61 Å². The number of nitrogens with zero attached hydrogens (tertiary/aromatic N) is 1. The molecule has 0 N–H and O–H groups in total. The lowest BCUT2D eigenvalue weighted by Gasteiger charge is -2.14. The van der Waals surface area contributed by atoms with Crippen molar-refractivity contribution in [1.82, 2.24) is 0 Å². The number of ether oxygens (including phenoxy) is 2. The highest BCUT2D eigenvalue weighted by atomic mass is 16.6. The number of aliphatic imine (C=N–C) groups is 1. The van der Waals surface area contributed by atoms with Crippen molar-refractivity contribution in [3.8, 4) is 0 Å². The zero-order valence-electron chi connectivity index (χ0n) is 10.9. The summed E-state index contributed by atoms with van der Waals surface area (Å²) >= 11 is 0. The third kappa shape index (κ3) is 2.50. The maximum absolute atomic E-state index is 11.9. The SMILES string of the molecule is CCCOC(=O)[C@]1(C)N=C(c2ccccc2)OC1=O. The lowest BCUT2D eigenvalue weighted by atomic mass is 10.1. The molecular formula is C14H15NO4. The minimum Gasteiger partial charge on any atom is -0.463 e. The number of benzene rings is 1. The van der Waals surface area contributed by atoms with Gasteiger partial charge in [0, 0.05) is 5.56 Å². The molecule has 1 aliphatic heterocycles. The van der Waals surface area contributed by atoms with E-state index < -0.39 is 17.5 Å². The summed E-state index contributed by atoms with van der Waals surface area (Å²) in [5.41, 5.74) is -0.941. The molecule has 1 heterocycles. The Balaban J connectivity index is 2.25. The van der Waals surface area contributed by atoms with Gasteiger partial charge in [-0.1, -0.05) is 25.1 Å². The minimum absolute atomic E-state index is 0.154. The maximum Gasteiger partial charge on any atom is 0.352 e. The van der Waals surface area contributed by atoms with Gasteiger partial charge in [-0.2, -0.15) is 0 Å². The minimum atomic E-state index is -1.60. The molecule has 0 spiro atoms. The first kappa shape index (κ1) is 13.3. The topological polar surface area (TPSA) is 65.0 Å². The smallest absolute Gasteiger partial charge is 0.352 e. The van der Waals surface area contributed by atoms with Crippen LogP contribution in [0.15, 0.2) is 35.3 Å². The van der Waals surface area contributed by atoms with E-state index in [1.807, 2.05) is 13.0 Å². The van der Waals surface area contributed by atoms with Crippen LogP contribution >= 0.6 is 0 Å². The Morgan fingerprint density at radius 2 is 2.05 bits per heavy atom. The lowest BCUT2D eigenvalue weighted by molar-refractivity contribution is -0.157. The number of cyclic esters (lactones) is 1. The molecule has 0 bridgehead atoms. The average Bonchev–Trinajstić information content (AvgIpc) is 2.74. The summed E-state index contributed by atoms with van der Waals surface area (Å²) < 4.78 is 10.1. The van der Waals surface area contributed by atoms with E-state index in [-0.39, 0.29) is 12.5 Å². The summed E-state index contributed by atoms with van der Waals surface area (Å²) in [7, 11) is 0. The van der Waals surface area contributed by atoms with Crippen molar-refractivity contribution in [1.29, 1.82) is 0 Å². The van der Waals surface area contributed by atoms with Crippen LogP contribution in [0.2, 0.25) is 0 Å². The Bertz CT molecular complexity index is 524. The number of rotatable bonds is 4. The summed E-state index contributed by atoms with van der Waals surface area (Å²) in [4.78, 5) is 27.8. The highest BCUT2D eigenvalue weighted by molar-refractivity contribution is 6.16. The largest absolute Gasteiger partial charge is 0.463 e. The fourth-order valence-corrected chi connectivity index (χ4v) is 1.63. The fourth-order valence-electron chi connectivity index (χ4n) is 1.63. The van der Waals surface area contributed by atoms with Crippen LogP contribution in [0.5, 0.6) is 0 Å². The summed E-state index contributed by atoms with van der Waals surface area (Å²) in [5, 5.41) is 0. The van der Waals surface area contributed by atoms with Gasteiger partial charge in [-0.3, -0.25) is 0 Å². The van der Waals surface area contributed by atoms with Crippen molar-refractivity contribution in [2.45, 2.75) is 25.8 Å². The van der Waals surface area contributed by atoms with E-state index in [9.17, 15) is 9.59 Å². The van der Waals surface area contributed by atoms with Crippen molar-refractivity contribution in [2.75, 3.05) is 6.61 Å². The molecule has 0 radical (unpaired) electrons. The molecule has 100 valence electrons. The number of carbonyl (C=O) groups is 2. The van der Waals surface area contributed by atoms with E-state index in [4.69, 9.17) is 9.47 Å². The van der Waals surface area contributed by atoms with E-state index >= 15 is 0 Å². The first-order valence-corrected chi connectivity index (χ1v) is 6.12. The van der Waals surface area contributed by atoms with Crippen molar-refractivity contribution >= 4 is 17.8 Å². The summed E-state index contributed by atoms with van der Waals surface area (Å²) in [6.07, 6.45) is 0.687. The molecule has 1 aromatic carbocycles. The quantitative estimate of drug-likeness (QED) is 0.611. The Labute approximate surface area is 111 Å². The third-order valence-electron chi connectivity index (χ3n) is 2.77. The molecule has 0 saturated heterocycles. The third-order valence-corrected chi connectivity index (χ3v) is 2.77. The molecule has 5 heteroatoms. The van der Waals surface area contributed by atoms with Gasteiger partial charge < -0.3 is 9.47 Å². The monoisotopic (exact) mass is 261 g/mol. The second kappa shape index (κ2) is 5.22. The first-order chi connectivity index (χ1) is 9.08. The number of carbonyl (C=O) groups excluding carboxylic acids is 2. The Morgan fingerprint density at radius 1 is 1.37 bits per heavy atom. The van der Waals surface area contributed by atoms with Crippen LogP contribution < -0.4 is 0 Å². The highest BCUT2D eigenvalue weighted by Crippen LogP contribution is 2.24. The molecule has 1 aliphatic rings. The predicted octanol–water partition coefficient (Wildman–Crippen LogP) is 1.70. The molecule has 0 fully saturated rings. The number of esters is 2. The van der Waals surface area contributed by atoms with Crippen LogP contribution in [0.3, 0.4) is 0 Å². The van der Waals surface area contributed by atoms with E-state index in [0.717, 1.165) is 0 Å². The summed E-state index contributed by atoms with van der Waals surface area (Å²) in [6, 6.07) is 8.97. The Hall–Kier alpha value is -2.17. The van der Waals surface area contributed by atoms with Crippen LogP contribution in [0.25, 0.3) is 0 Å². The molecule has 1 atom stereocenters. The van der Waals surface area contributed by atoms with Crippen LogP contribution in [0, 0.1) is 0 Å². The van der Waals surface area contributed by atoms with E-state index in [1.54, 1.807) is 24.3 Å². The molecular weight excluding hydrogens is 246 g/mol. The molecule has 19 heavy (non-hydrogen) atoms. The molecule has 0 saturated carbocycles. The van der Waals surface area contributed by atoms with Gasteiger partial charge >= 0.3 is 11.9 Å². The highest BCUT2D eigenvalue weighted by Gasteiger charge is 2.50. The van der Waals surface area contributed by atoms with Gasteiger partial charge in [0.2, 0.25) is 5.90 Å². The Morgan fingerprint density at radius 3 is 2.68 bits per heavy atom. The molecule has 0 aliphatic carbocycles. The van der Waals surface area contributed by atoms with Gasteiger partial charge in [-0.15, -0.1) is 0 Å². The first-order valence-electron chi connectivity index (χ1n) is 6.12. The van der Waals surface area contributed by atoms with Crippen LogP contribution in [-0.2, 0) is 19.1 Å². The van der Waals surface area contributed by atoms with Crippen molar-refractivity contribution in [3.05, 3.63) is 35.9 Å². The molecule has 5 nitrogen and oxygen atoms in total. The second-order valence-corrected chi connectivity index (χ2v) is 4.38. The standard InChI is InChI=1S/C14H15NO4/c1-3-9-18-12(16)14(2)13(17)19-11(15-14)10-7-5-4-6-8-10/h4-8H,3,9H2,1-2H3/t14-/m0/s1. The zero-order chi connectivity index (χ0) is 13.9. The van der Waals surface area contributed by atoms with Gasteiger partial charge in [0.1, 0.15) is 0 Å². The van der Waals surface area contributed by atoms with Crippen LogP contribution in [-0.4, -0.2) is 30.0 Å². The second-order valence-electron chi connectivity index (χ2n) is 4.38. The Kier molecular flexibility index (Phi) is 3.64. The van der Waals surface area contributed by atoms with E-state index in [1.165, 1.54) is 6.92 Å².